The highest BCUT2D eigenvalue weighted by Gasteiger charge is 2.36. The Hall–Kier alpha value is -3.95. The number of amides is 1. The molecule has 3 heterocycles. The van der Waals surface area contributed by atoms with Crippen molar-refractivity contribution in [2.75, 3.05) is 23.3 Å². The van der Waals surface area contributed by atoms with Crippen LogP contribution in [0.15, 0.2) is 60.8 Å². The number of aromatic nitrogens is 3. The number of fused-ring (bicyclic) bond motifs is 1. The van der Waals surface area contributed by atoms with Crippen LogP contribution >= 0.6 is 0 Å². The molecule has 1 aliphatic heterocycles. The van der Waals surface area contributed by atoms with Crippen LogP contribution < -0.4 is 10.2 Å². The quantitative estimate of drug-likeness (QED) is 0.390. The van der Waals surface area contributed by atoms with E-state index in [-0.39, 0.29) is 35.4 Å². The van der Waals surface area contributed by atoms with Crippen LogP contribution in [0.2, 0.25) is 0 Å². The molecule has 1 amide bonds. The van der Waals surface area contributed by atoms with Crippen LogP contribution in [-0.4, -0.2) is 40.1 Å². The fourth-order valence-corrected chi connectivity index (χ4v) is 4.09. The van der Waals surface area contributed by atoms with Gasteiger partial charge >= 0.3 is 6.18 Å². The summed E-state index contributed by atoms with van der Waals surface area (Å²) in [5.74, 6) is -0.159. The van der Waals surface area contributed by atoms with Gasteiger partial charge in [-0.15, -0.1) is 0 Å². The summed E-state index contributed by atoms with van der Waals surface area (Å²) in [6.07, 6.45) is -3.89. The molecule has 34 heavy (non-hydrogen) atoms. The number of H-pyrrole nitrogens is 1. The zero-order chi connectivity index (χ0) is 23.9. The summed E-state index contributed by atoms with van der Waals surface area (Å²) in [5, 5.41) is 2.66. The van der Waals surface area contributed by atoms with E-state index in [1.165, 1.54) is 18.3 Å². The summed E-state index contributed by atoms with van der Waals surface area (Å²) in [5.41, 5.74) is 0.124. The lowest BCUT2D eigenvalue weighted by atomic mass is 10.0. The van der Waals surface area contributed by atoms with Crippen molar-refractivity contribution in [3.63, 3.8) is 0 Å². The third-order valence-electron chi connectivity index (χ3n) is 5.72. The highest BCUT2D eigenvalue weighted by Crippen LogP contribution is 2.39. The Balaban J connectivity index is 1.54. The lowest BCUT2D eigenvalue weighted by molar-refractivity contribution is -0.137. The second-order valence-corrected chi connectivity index (χ2v) is 8.02. The number of para-hydroxylation sites is 1. The molecule has 0 saturated carbocycles. The molecule has 10 heteroatoms. The normalized spacial score (nSPS) is 16.2. The molecule has 5 rings (SSSR count). The minimum absolute atomic E-state index is 0.0169. The summed E-state index contributed by atoms with van der Waals surface area (Å²) in [6, 6.07) is 13.7. The van der Waals surface area contributed by atoms with Crippen molar-refractivity contribution in [3.05, 3.63) is 71.9 Å². The van der Waals surface area contributed by atoms with Crippen molar-refractivity contribution in [1.29, 1.82) is 0 Å². The van der Waals surface area contributed by atoms with Crippen LogP contribution in [0.5, 0.6) is 0 Å². The molecular weight excluding hydrogens is 450 g/mol. The molecule has 0 aliphatic carbocycles. The second-order valence-electron chi connectivity index (χ2n) is 8.02. The van der Waals surface area contributed by atoms with Crippen molar-refractivity contribution in [2.24, 2.45) is 0 Å². The average Bonchev–Trinajstić information content (AvgIpc) is 3.45. The Labute approximate surface area is 191 Å². The number of aromatic amines is 1. The summed E-state index contributed by atoms with van der Waals surface area (Å²) < 4.78 is 55.5. The fraction of sp³-hybridized carbons (Fsp3) is 0.208. The van der Waals surface area contributed by atoms with E-state index in [0.29, 0.717) is 23.6 Å². The van der Waals surface area contributed by atoms with Gasteiger partial charge in [0.15, 0.2) is 0 Å². The number of rotatable bonds is 4. The molecule has 1 saturated heterocycles. The van der Waals surface area contributed by atoms with Gasteiger partial charge in [0.05, 0.1) is 16.6 Å². The Morgan fingerprint density at radius 2 is 1.97 bits per heavy atom. The van der Waals surface area contributed by atoms with E-state index < -0.39 is 23.8 Å². The van der Waals surface area contributed by atoms with E-state index in [4.69, 9.17) is 0 Å². The van der Waals surface area contributed by atoms with Gasteiger partial charge < -0.3 is 15.2 Å². The molecule has 0 unspecified atom stereocenters. The lowest BCUT2D eigenvalue weighted by Crippen LogP contribution is -2.21. The standard InChI is InChI=1S/C24H19F4N5O/c25-14-9-11-33(13-14)15-7-8-16(18(12-15)24(26,27)28)22-30-19-5-3-4-17(21(19)32-22)23(34)31-20-6-1-2-10-29-20/h1-8,10,12,14H,9,11,13H2,(H,30,32)(H,29,31,34)/t14-/m1/s1. The van der Waals surface area contributed by atoms with Crippen LogP contribution in [0, 0.1) is 0 Å². The van der Waals surface area contributed by atoms with E-state index >= 15 is 0 Å². The Morgan fingerprint density at radius 3 is 2.68 bits per heavy atom. The number of carbonyl (C=O) groups is 1. The zero-order valence-electron chi connectivity index (χ0n) is 17.7. The summed E-state index contributed by atoms with van der Waals surface area (Å²) in [7, 11) is 0. The molecule has 4 aromatic rings. The molecule has 0 bridgehead atoms. The minimum atomic E-state index is -4.65. The molecule has 0 radical (unpaired) electrons. The number of imidazole rings is 1. The summed E-state index contributed by atoms with van der Waals surface area (Å²) in [4.78, 5) is 25.7. The molecule has 2 aromatic carbocycles. The number of halogens is 4. The summed E-state index contributed by atoms with van der Waals surface area (Å²) >= 11 is 0. The number of carbonyl (C=O) groups excluding carboxylic acids is 1. The average molecular weight is 469 g/mol. The molecule has 1 atom stereocenters. The lowest BCUT2D eigenvalue weighted by Gasteiger charge is -2.20. The predicted octanol–water partition coefficient (Wildman–Crippen LogP) is 5.44. The van der Waals surface area contributed by atoms with Crippen molar-refractivity contribution in [2.45, 2.75) is 18.8 Å². The van der Waals surface area contributed by atoms with Gasteiger partial charge in [0.25, 0.3) is 5.91 Å². The predicted molar refractivity (Wildman–Crippen MR) is 120 cm³/mol. The molecule has 174 valence electrons. The van der Waals surface area contributed by atoms with Gasteiger partial charge in [0, 0.05) is 30.5 Å². The second kappa shape index (κ2) is 8.44. The maximum Gasteiger partial charge on any atom is 0.417 e. The number of hydrogen-bond acceptors (Lipinski definition) is 4. The van der Waals surface area contributed by atoms with Crippen molar-refractivity contribution in [1.82, 2.24) is 15.0 Å². The van der Waals surface area contributed by atoms with E-state index in [1.54, 1.807) is 41.3 Å². The van der Waals surface area contributed by atoms with Crippen LogP contribution in [0.4, 0.5) is 29.1 Å². The maximum absolute atomic E-state index is 14.0. The smallest absolute Gasteiger partial charge is 0.368 e. The van der Waals surface area contributed by atoms with E-state index in [9.17, 15) is 22.4 Å². The van der Waals surface area contributed by atoms with Gasteiger partial charge in [-0.25, -0.2) is 14.4 Å². The number of alkyl halides is 4. The molecule has 2 N–H and O–H groups in total. The first kappa shape index (κ1) is 21.9. The third-order valence-corrected chi connectivity index (χ3v) is 5.72. The number of anilines is 2. The maximum atomic E-state index is 14.0. The Bertz CT molecular complexity index is 1350. The van der Waals surface area contributed by atoms with Gasteiger partial charge in [-0.05, 0) is 48.9 Å². The third kappa shape index (κ3) is 4.18. The molecule has 6 nitrogen and oxygen atoms in total. The Morgan fingerprint density at radius 1 is 1.12 bits per heavy atom. The van der Waals surface area contributed by atoms with Crippen LogP contribution in [0.3, 0.4) is 0 Å². The SMILES string of the molecule is O=C(Nc1ccccn1)c1cccc2[nH]c(-c3ccc(N4CC[C@@H](F)C4)cc3C(F)(F)F)nc12. The molecule has 2 aromatic heterocycles. The van der Waals surface area contributed by atoms with Crippen molar-refractivity contribution >= 4 is 28.4 Å². The van der Waals surface area contributed by atoms with Gasteiger partial charge in [-0.1, -0.05) is 12.1 Å². The van der Waals surface area contributed by atoms with Crippen LogP contribution in [0.1, 0.15) is 22.3 Å². The molecule has 0 spiro atoms. The number of hydrogen-bond donors (Lipinski definition) is 2. The minimum Gasteiger partial charge on any atom is -0.368 e. The first-order valence-electron chi connectivity index (χ1n) is 10.6. The monoisotopic (exact) mass is 469 g/mol. The number of benzene rings is 2. The van der Waals surface area contributed by atoms with E-state index in [2.05, 4.69) is 20.3 Å². The molecule has 1 aliphatic rings. The largest absolute Gasteiger partial charge is 0.417 e. The van der Waals surface area contributed by atoms with Gasteiger partial charge in [0.1, 0.15) is 23.3 Å². The fourth-order valence-electron chi connectivity index (χ4n) is 4.09. The highest BCUT2D eigenvalue weighted by atomic mass is 19.4. The van der Waals surface area contributed by atoms with Gasteiger partial charge in [-0.3, -0.25) is 4.79 Å². The van der Waals surface area contributed by atoms with E-state index in [1.807, 2.05) is 0 Å². The molecule has 1 fully saturated rings. The topological polar surface area (TPSA) is 73.9 Å². The van der Waals surface area contributed by atoms with Crippen molar-refractivity contribution in [3.8, 4) is 11.4 Å². The van der Waals surface area contributed by atoms with Crippen molar-refractivity contribution < 1.29 is 22.4 Å². The first-order chi connectivity index (χ1) is 16.3. The Kier molecular flexibility index (Phi) is 5.43. The number of nitrogens with zero attached hydrogens (tertiary/aromatic N) is 3. The number of pyridine rings is 1. The van der Waals surface area contributed by atoms with E-state index in [0.717, 1.165) is 6.07 Å². The highest BCUT2D eigenvalue weighted by molar-refractivity contribution is 6.11. The zero-order valence-corrected chi connectivity index (χ0v) is 17.7. The number of nitrogens with one attached hydrogen (secondary N) is 2. The van der Waals surface area contributed by atoms with Gasteiger partial charge in [-0.2, -0.15) is 13.2 Å². The first-order valence-corrected chi connectivity index (χ1v) is 10.6. The summed E-state index contributed by atoms with van der Waals surface area (Å²) in [6.45, 7) is 0.424. The molecular formula is C24H19F4N5O. The van der Waals surface area contributed by atoms with Crippen LogP contribution in [0.25, 0.3) is 22.4 Å². The van der Waals surface area contributed by atoms with Crippen LogP contribution in [-0.2, 0) is 6.18 Å². The van der Waals surface area contributed by atoms with Gasteiger partial charge in [0.2, 0.25) is 0 Å².